The Bertz CT molecular complexity index is 2740. The predicted octanol–water partition coefficient (Wildman–Crippen LogP) is 10.4. The molecule has 0 bridgehead atoms. The summed E-state index contributed by atoms with van der Waals surface area (Å²) < 4.78 is 29.0. The Hall–Kier alpha value is -7.21. The van der Waals surface area contributed by atoms with Gasteiger partial charge < -0.3 is 4.57 Å². The van der Waals surface area contributed by atoms with E-state index in [9.17, 15) is 4.39 Å². The zero-order valence-corrected chi connectivity index (χ0v) is 31.4. The second-order valence-electron chi connectivity index (χ2n) is 13.4. The molecule has 0 atom stereocenters. The van der Waals surface area contributed by atoms with E-state index in [1.54, 1.807) is 12.1 Å². The van der Waals surface area contributed by atoms with Gasteiger partial charge in [-0.25, -0.2) is 29.3 Å². The number of benzene rings is 7. The molecule has 57 heavy (non-hydrogen) atoms. The minimum absolute atomic E-state index is 0.352. The SMILES string of the molecule is O=P(c1ccccc1)(c1ccccc1)c1ccc(-c2nc(-c3ccc(F)cc3)nc(-c3ccc(-c4nc(-c5ccccc5)cc(-c5ccccc5)n4)cc3)n2)cc1. The predicted molar refractivity (Wildman–Crippen MR) is 227 cm³/mol. The highest BCUT2D eigenvalue weighted by Gasteiger charge is 2.29. The number of halogens is 1. The van der Waals surface area contributed by atoms with E-state index in [2.05, 4.69) is 0 Å². The van der Waals surface area contributed by atoms with Crippen molar-refractivity contribution in [3.63, 3.8) is 0 Å². The molecule has 0 spiro atoms. The molecule has 6 nitrogen and oxygen atoms in total. The minimum atomic E-state index is -3.18. The van der Waals surface area contributed by atoms with E-state index in [-0.39, 0.29) is 5.82 Å². The van der Waals surface area contributed by atoms with Crippen LogP contribution >= 0.6 is 7.14 Å². The van der Waals surface area contributed by atoms with E-state index < -0.39 is 7.14 Å². The first-order valence-corrected chi connectivity index (χ1v) is 20.2. The van der Waals surface area contributed by atoms with Gasteiger partial charge in [-0.3, -0.25) is 0 Å². The summed E-state index contributed by atoms with van der Waals surface area (Å²) in [5.41, 5.74) is 6.59. The molecule has 9 rings (SSSR count). The quantitative estimate of drug-likeness (QED) is 0.136. The third-order valence-electron chi connectivity index (χ3n) is 9.73. The first-order chi connectivity index (χ1) is 28.0. The summed E-state index contributed by atoms with van der Waals surface area (Å²) in [6, 6.07) is 62.8. The molecule has 0 saturated carbocycles. The van der Waals surface area contributed by atoms with Crippen molar-refractivity contribution in [2.75, 3.05) is 0 Å². The van der Waals surface area contributed by atoms with Gasteiger partial charge in [-0.05, 0) is 30.3 Å². The van der Waals surface area contributed by atoms with E-state index >= 15 is 4.57 Å². The molecule has 2 aromatic heterocycles. The van der Waals surface area contributed by atoms with Crippen LogP contribution in [0.2, 0.25) is 0 Å². The maximum atomic E-state index is 15.0. The van der Waals surface area contributed by atoms with Crippen LogP contribution in [0.15, 0.2) is 200 Å². The number of hydrogen-bond donors (Lipinski definition) is 0. The fourth-order valence-electron chi connectivity index (χ4n) is 6.76. The third kappa shape index (κ3) is 7.32. The Kier molecular flexibility index (Phi) is 9.65. The second kappa shape index (κ2) is 15.5. The molecule has 0 saturated heterocycles. The minimum Gasteiger partial charge on any atom is -0.309 e. The molecule has 0 aliphatic carbocycles. The van der Waals surface area contributed by atoms with Crippen molar-refractivity contribution in [3.05, 3.63) is 206 Å². The molecule has 0 N–H and O–H groups in total. The van der Waals surface area contributed by atoms with Gasteiger partial charge in [0.1, 0.15) is 5.82 Å². The molecule has 2 heterocycles. The fourth-order valence-corrected chi connectivity index (χ4v) is 9.41. The largest absolute Gasteiger partial charge is 0.309 e. The fraction of sp³-hybridized carbons (Fsp3) is 0. The van der Waals surface area contributed by atoms with Gasteiger partial charge in [-0.1, -0.05) is 170 Å². The zero-order valence-electron chi connectivity index (χ0n) is 30.5. The molecule has 0 radical (unpaired) electrons. The van der Waals surface area contributed by atoms with Crippen LogP contribution in [0.5, 0.6) is 0 Å². The molecule has 8 heteroatoms. The van der Waals surface area contributed by atoms with E-state index in [1.165, 1.54) is 12.1 Å². The van der Waals surface area contributed by atoms with Crippen molar-refractivity contribution >= 4 is 23.1 Å². The van der Waals surface area contributed by atoms with Crippen LogP contribution in [0.3, 0.4) is 0 Å². The van der Waals surface area contributed by atoms with Crippen LogP contribution in [-0.2, 0) is 4.57 Å². The van der Waals surface area contributed by atoms with E-state index in [0.29, 0.717) is 34.2 Å². The van der Waals surface area contributed by atoms with E-state index in [0.717, 1.165) is 49.8 Å². The number of hydrogen-bond acceptors (Lipinski definition) is 6. The standard InChI is InChI=1S/C49H33FN5OP/c50-40-29-25-38(26-30-40)48-53-47(54-49(55-48)39-27-31-43(32-28-39)57(56,41-17-9-3-10-18-41)42-19-11-4-12-20-42)37-23-21-36(22-24-37)46-51-44(34-13-5-1-6-14-34)33-45(52-46)35-15-7-2-8-16-35/h1-33H. The maximum Gasteiger partial charge on any atom is 0.171 e. The summed E-state index contributed by atoms with van der Waals surface area (Å²) in [5.74, 6) is 1.51. The number of nitrogens with zero attached hydrogens (tertiary/aromatic N) is 5. The average molecular weight is 758 g/mol. The van der Waals surface area contributed by atoms with Crippen molar-refractivity contribution in [1.29, 1.82) is 0 Å². The van der Waals surface area contributed by atoms with Crippen LogP contribution in [0, 0.1) is 5.82 Å². The lowest BCUT2D eigenvalue weighted by atomic mass is 10.1. The number of rotatable bonds is 9. The lowest BCUT2D eigenvalue weighted by Gasteiger charge is -2.20. The van der Waals surface area contributed by atoms with Crippen LogP contribution < -0.4 is 15.9 Å². The van der Waals surface area contributed by atoms with E-state index in [4.69, 9.17) is 24.9 Å². The van der Waals surface area contributed by atoms with Gasteiger partial charge in [-0.15, -0.1) is 0 Å². The molecular formula is C49H33FN5OP. The molecular weight excluding hydrogens is 725 g/mol. The van der Waals surface area contributed by atoms with E-state index in [1.807, 2.05) is 176 Å². The summed E-state index contributed by atoms with van der Waals surface area (Å²) in [6.45, 7) is 0. The van der Waals surface area contributed by atoms with Gasteiger partial charge in [0.25, 0.3) is 0 Å². The first kappa shape index (κ1) is 35.5. The van der Waals surface area contributed by atoms with Crippen molar-refractivity contribution in [2.45, 2.75) is 0 Å². The molecule has 0 aliphatic rings. The van der Waals surface area contributed by atoms with Crippen molar-refractivity contribution in [1.82, 2.24) is 24.9 Å². The molecule has 9 aromatic rings. The Morgan fingerprint density at radius 3 is 1.00 bits per heavy atom. The second-order valence-corrected chi connectivity index (χ2v) is 16.2. The summed E-state index contributed by atoms with van der Waals surface area (Å²) in [6.07, 6.45) is 0. The number of aromatic nitrogens is 5. The first-order valence-electron chi connectivity index (χ1n) is 18.5. The highest BCUT2D eigenvalue weighted by Crippen LogP contribution is 2.42. The van der Waals surface area contributed by atoms with Gasteiger partial charge in [0, 0.05) is 49.3 Å². The molecule has 0 aliphatic heterocycles. The van der Waals surface area contributed by atoms with Gasteiger partial charge in [0.2, 0.25) is 0 Å². The summed E-state index contributed by atoms with van der Waals surface area (Å²) in [5, 5.41) is 2.20. The third-order valence-corrected chi connectivity index (χ3v) is 12.8. The molecule has 0 amide bonds. The smallest absolute Gasteiger partial charge is 0.171 e. The van der Waals surface area contributed by atoms with Crippen molar-refractivity contribution in [2.24, 2.45) is 0 Å². The highest BCUT2D eigenvalue weighted by molar-refractivity contribution is 7.85. The Morgan fingerprint density at radius 1 is 0.316 bits per heavy atom. The van der Waals surface area contributed by atoms with Gasteiger partial charge in [0.05, 0.1) is 11.4 Å². The van der Waals surface area contributed by atoms with Crippen LogP contribution in [-0.4, -0.2) is 24.9 Å². The Morgan fingerprint density at radius 2 is 0.614 bits per heavy atom. The Balaban J connectivity index is 1.11. The van der Waals surface area contributed by atoms with Crippen molar-refractivity contribution < 1.29 is 8.96 Å². The molecule has 272 valence electrons. The highest BCUT2D eigenvalue weighted by atomic mass is 31.2. The maximum absolute atomic E-state index is 15.0. The van der Waals surface area contributed by atoms with Gasteiger partial charge in [-0.2, -0.15) is 0 Å². The van der Waals surface area contributed by atoms with Crippen LogP contribution in [0.4, 0.5) is 4.39 Å². The normalized spacial score (nSPS) is 11.3. The lowest BCUT2D eigenvalue weighted by molar-refractivity contribution is 0.592. The average Bonchev–Trinajstić information content (AvgIpc) is 3.30. The van der Waals surface area contributed by atoms with Crippen molar-refractivity contribution in [3.8, 4) is 68.1 Å². The zero-order chi connectivity index (χ0) is 38.6. The summed E-state index contributed by atoms with van der Waals surface area (Å²) in [7, 11) is -3.18. The summed E-state index contributed by atoms with van der Waals surface area (Å²) >= 11 is 0. The summed E-state index contributed by atoms with van der Waals surface area (Å²) in [4.78, 5) is 24.6. The van der Waals surface area contributed by atoms with Crippen LogP contribution in [0.1, 0.15) is 0 Å². The molecule has 7 aromatic carbocycles. The monoisotopic (exact) mass is 757 g/mol. The van der Waals surface area contributed by atoms with Gasteiger partial charge >= 0.3 is 0 Å². The Labute approximate surface area is 329 Å². The molecule has 0 fully saturated rings. The molecule has 0 unspecified atom stereocenters. The lowest BCUT2D eigenvalue weighted by Crippen LogP contribution is -2.24. The topological polar surface area (TPSA) is 81.5 Å². The van der Waals surface area contributed by atoms with Gasteiger partial charge in [0.15, 0.2) is 30.4 Å². The van der Waals surface area contributed by atoms with Crippen LogP contribution in [0.25, 0.3) is 68.1 Å².